The fraction of sp³-hybridized carbons (Fsp3) is 0.519. The molecule has 0 amide bonds. The van der Waals surface area contributed by atoms with Crippen LogP contribution in [0.15, 0.2) is 47.4 Å². The van der Waals surface area contributed by atoms with E-state index in [1.54, 1.807) is 29.2 Å². The van der Waals surface area contributed by atoms with E-state index in [1.807, 2.05) is 0 Å². The highest BCUT2D eigenvalue weighted by Gasteiger charge is 2.15. The molecule has 0 radical (unpaired) electrons. The fourth-order valence-electron chi connectivity index (χ4n) is 3.74. The molecule has 2 rings (SSSR count). The van der Waals surface area contributed by atoms with E-state index in [1.165, 1.54) is 18.2 Å². The van der Waals surface area contributed by atoms with Gasteiger partial charge < -0.3 is 30.2 Å². The zero-order chi connectivity index (χ0) is 27.8. The SMILES string of the molecule is CC(=O)ONS(=O)(=O)c1ccc(CCCCOCCCCCCNC[C@@H](O)c2ccc(O)c(CO)c2)cc1. The number of nitrogens with one attached hydrogen (secondary N) is 2. The third-order valence-electron chi connectivity index (χ3n) is 5.92. The van der Waals surface area contributed by atoms with Crippen molar-refractivity contribution in [3.63, 3.8) is 0 Å². The smallest absolute Gasteiger partial charge is 0.323 e. The number of aliphatic hydroxyl groups is 2. The normalized spacial score (nSPS) is 12.4. The lowest BCUT2D eigenvalue weighted by atomic mass is 10.1. The van der Waals surface area contributed by atoms with Gasteiger partial charge in [0.25, 0.3) is 10.0 Å². The molecule has 0 aliphatic carbocycles. The fourth-order valence-corrected chi connectivity index (χ4v) is 4.55. The molecule has 10 nitrogen and oxygen atoms in total. The van der Waals surface area contributed by atoms with E-state index in [9.17, 15) is 28.5 Å². The Labute approximate surface area is 225 Å². The highest BCUT2D eigenvalue weighted by atomic mass is 32.2. The Bertz CT molecular complexity index is 1080. The number of hydrogen-bond acceptors (Lipinski definition) is 9. The molecular formula is C27H40N2O8S. The zero-order valence-corrected chi connectivity index (χ0v) is 22.7. The van der Waals surface area contributed by atoms with Crippen LogP contribution in [0.1, 0.15) is 68.2 Å². The van der Waals surface area contributed by atoms with Crippen LogP contribution in [0.25, 0.3) is 0 Å². The number of hydrogen-bond donors (Lipinski definition) is 5. The summed E-state index contributed by atoms with van der Waals surface area (Å²) in [6, 6.07) is 11.2. The van der Waals surface area contributed by atoms with Gasteiger partial charge in [0.15, 0.2) is 0 Å². The van der Waals surface area contributed by atoms with Gasteiger partial charge in [0.1, 0.15) is 5.75 Å². The van der Waals surface area contributed by atoms with Gasteiger partial charge in [-0.25, -0.2) is 8.42 Å². The minimum absolute atomic E-state index is 0.0247. The molecule has 0 spiro atoms. The topological polar surface area (TPSA) is 154 Å². The number of aromatic hydroxyl groups is 1. The summed E-state index contributed by atoms with van der Waals surface area (Å²) in [5.41, 5.74) is 2.09. The van der Waals surface area contributed by atoms with Crippen LogP contribution >= 0.6 is 0 Å². The van der Waals surface area contributed by atoms with Crippen molar-refractivity contribution in [2.45, 2.75) is 69.5 Å². The Hall–Kier alpha value is -2.54. The number of sulfonamides is 1. The maximum Gasteiger partial charge on any atom is 0.323 e. The molecule has 0 aromatic heterocycles. The summed E-state index contributed by atoms with van der Waals surface area (Å²) in [4.78, 5) is 16.9. The van der Waals surface area contributed by atoms with Crippen LogP contribution in [0.5, 0.6) is 5.75 Å². The van der Waals surface area contributed by atoms with E-state index in [-0.39, 0.29) is 17.3 Å². The predicted molar refractivity (Wildman–Crippen MR) is 143 cm³/mol. The van der Waals surface area contributed by atoms with Crippen LogP contribution in [0.4, 0.5) is 0 Å². The Kier molecular flexibility index (Phi) is 14.3. The van der Waals surface area contributed by atoms with Gasteiger partial charge in [-0.2, -0.15) is 0 Å². The van der Waals surface area contributed by atoms with E-state index in [4.69, 9.17) is 4.74 Å². The minimum atomic E-state index is -3.88. The number of carbonyl (C=O) groups is 1. The number of benzene rings is 2. The van der Waals surface area contributed by atoms with Crippen LogP contribution in [-0.2, 0) is 37.4 Å². The van der Waals surface area contributed by atoms with Crippen molar-refractivity contribution in [2.24, 2.45) is 0 Å². The Balaban J connectivity index is 1.45. The van der Waals surface area contributed by atoms with Crippen molar-refractivity contribution in [1.29, 1.82) is 0 Å². The summed E-state index contributed by atoms with van der Waals surface area (Å²) in [5.74, 6) is -0.711. The van der Waals surface area contributed by atoms with E-state index in [0.717, 1.165) is 70.6 Å². The highest BCUT2D eigenvalue weighted by molar-refractivity contribution is 7.89. The molecule has 2 aromatic carbocycles. The van der Waals surface area contributed by atoms with E-state index in [2.05, 4.69) is 10.2 Å². The standard InChI is InChI=1S/C27H40N2O8S/c1-21(31)37-29-38(34,35)25-12-9-22(10-13-25)8-4-7-17-36-16-6-3-2-5-15-28-19-27(33)23-11-14-26(32)24(18-23)20-30/h9-14,18,27-30,32-33H,2-8,15-17,19-20H2,1H3/t27-/m1/s1. The number of ether oxygens (including phenoxy) is 1. The second-order valence-corrected chi connectivity index (χ2v) is 10.7. The van der Waals surface area contributed by atoms with Gasteiger partial charge in [-0.15, -0.1) is 0 Å². The summed E-state index contributed by atoms with van der Waals surface area (Å²) in [7, 11) is -3.88. The Morgan fingerprint density at radius 2 is 1.66 bits per heavy atom. The van der Waals surface area contributed by atoms with Crippen molar-refractivity contribution in [2.75, 3.05) is 26.3 Å². The van der Waals surface area contributed by atoms with Crippen LogP contribution < -0.4 is 10.2 Å². The van der Waals surface area contributed by atoms with E-state index >= 15 is 0 Å². The average Bonchev–Trinajstić information content (AvgIpc) is 2.90. The molecule has 0 saturated carbocycles. The third kappa shape index (κ3) is 11.9. The van der Waals surface area contributed by atoms with Gasteiger partial charge in [-0.05, 0) is 78.9 Å². The molecule has 1 atom stereocenters. The highest BCUT2D eigenvalue weighted by Crippen LogP contribution is 2.22. The Morgan fingerprint density at radius 3 is 2.34 bits per heavy atom. The number of rotatable bonds is 19. The minimum Gasteiger partial charge on any atom is -0.508 e. The second kappa shape index (κ2) is 17.1. The second-order valence-electron chi connectivity index (χ2n) is 9.07. The molecule has 11 heteroatoms. The number of aryl methyl sites for hydroxylation is 1. The molecule has 5 N–H and O–H groups in total. The maximum atomic E-state index is 12.0. The molecule has 0 aliphatic heterocycles. The largest absolute Gasteiger partial charge is 0.508 e. The molecule has 0 unspecified atom stereocenters. The van der Waals surface area contributed by atoms with Crippen LogP contribution in [-0.4, -0.2) is 56.0 Å². The molecule has 2 aromatic rings. The molecule has 0 saturated heterocycles. The van der Waals surface area contributed by atoms with Gasteiger partial charge >= 0.3 is 5.97 Å². The predicted octanol–water partition coefficient (Wildman–Crippen LogP) is 2.86. The quantitative estimate of drug-likeness (QED) is 0.131. The lowest BCUT2D eigenvalue weighted by Gasteiger charge is -2.14. The molecule has 0 heterocycles. The first-order chi connectivity index (χ1) is 18.2. The molecule has 0 aliphatic rings. The first-order valence-corrected chi connectivity index (χ1v) is 14.4. The summed E-state index contributed by atoms with van der Waals surface area (Å²) >= 11 is 0. The summed E-state index contributed by atoms with van der Waals surface area (Å²) in [6.07, 6.45) is 6.12. The summed E-state index contributed by atoms with van der Waals surface area (Å²) < 4.78 is 29.7. The van der Waals surface area contributed by atoms with Crippen molar-refractivity contribution in [3.05, 3.63) is 59.2 Å². The van der Waals surface area contributed by atoms with Gasteiger partial charge in [-0.1, -0.05) is 31.0 Å². The Morgan fingerprint density at radius 1 is 0.974 bits per heavy atom. The van der Waals surface area contributed by atoms with Crippen molar-refractivity contribution < 1.29 is 38.1 Å². The molecule has 0 bridgehead atoms. The first kappa shape index (κ1) is 31.7. The number of carbonyl (C=O) groups excluding carboxylic acids is 1. The van der Waals surface area contributed by atoms with Crippen LogP contribution in [0.3, 0.4) is 0 Å². The van der Waals surface area contributed by atoms with E-state index < -0.39 is 22.1 Å². The summed E-state index contributed by atoms with van der Waals surface area (Å²) in [6.45, 7) is 3.47. The van der Waals surface area contributed by atoms with Gasteiger partial charge in [-0.3, -0.25) is 4.79 Å². The molecule has 0 fully saturated rings. The average molecular weight is 553 g/mol. The number of unbranched alkanes of at least 4 members (excludes halogenated alkanes) is 4. The summed E-state index contributed by atoms with van der Waals surface area (Å²) in [5, 5.41) is 32.3. The van der Waals surface area contributed by atoms with Crippen molar-refractivity contribution in [1.82, 2.24) is 10.2 Å². The first-order valence-electron chi connectivity index (χ1n) is 12.9. The zero-order valence-electron chi connectivity index (χ0n) is 21.9. The third-order valence-corrected chi connectivity index (χ3v) is 7.12. The molecule has 38 heavy (non-hydrogen) atoms. The number of phenols is 1. The lowest BCUT2D eigenvalue weighted by molar-refractivity contribution is -0.144. The van der Waals surface area contributed by atoms with Crippen molar-refractivity contribution >= 4 is 16.0 Å². The maximum absolute atomic E-state index is 12.0. The molecular weight excluding hydrogens is 512 g/mol. The van der Waals surface area contributed by atoms with E-state index in [0.29, 0.717) is 24.3 Å². The van der Waals surface area contributed by atoms with Crippen LogP contribution in [0.2, 0.25) is 0 Å². The van der Waals surface area contributed by atoms with Gasteiger partial charge in [0.05, 0.1) is 17.6 Å². The van der Waals surface area contributed by atoms with Gasteiger partial charge in [0.2, 0.25) is 0 Å². The number of aliphatic hydroxyl groups excluding tert-OH is 2. The molecule has 212 valence electrons. The van der Waals surface area contributed by atoms with Crippen LogP contribution in [0, 0.1) is 0 Å². The lowest BCUT2D eigenvalue weighted by Crippen LogP contribution is -2.26. The van der Waals surface area contributed by atoms with Gasteiger partial charge in [0, 0.05) is 32.2 Å². The monoisotopic (exact) mass is 552 g/mol. The van der Waals surface area contributed by atoms with Crippen molar-refractivity contribution in [3.8, 4) is 5.75 Å².